The zero-order valence-corrected chi connectivity index (χ0v) is 19.0. The van der Waals surface area contributed by atoms with Gasteiger partial charge in [0, 0.05) is 11.1 Å². The Hall–Kier alpha value is -2.90. The number of hydrogen-bond donors (Lipinski definition) is 1. The van der Waals surface area contributed by atoms with Gasteiger partial charge in [-0.2, -0.15) is 0 Å². The lowest BCUT2D eigenvalue weighted by atomic mass is 9.99. The zero-order valence-electron chi connectivity index (χ0n) is 18.3. The summed E-state index contributed by atoms with van der Waals surface area (Å²) < 4.78 is 14.8. The van der Waals surface area contributed by atoms with Crippen molar-refractivity contribution in [2.24, 2.45) is 0 Å². The van der Waals surface area contributed by atoms with Crippen molar-refractivity contribution >= 4 is 29.4 Å². The van der Waals surface area contributed by atoms with Crippen molar-refractivity contribution in [2.45, 2.75) is 32.7 Å². The van der Waals surface area contributed by atoms with E-state index in [1.807, 2.05) is 48.5 Å². The van der Waals surface area contributed by atoms with Crippen LogP contribution in [0.5, 0.6) is 0 Å². The van der Waals surface area contributed by atoms with E-state index in [2.05, 4.69) is 5.32 Å². The molecule has 1 N–H and O–H groups in total. The molecule has 32 heavy (non-hydrogen) atoms. The summed E-state index contributed by atoms with van der Waals surface area (Å²) in [5.74, 6) is -1.37. The van der Waals surface area contributed by atoms with Gasteiger partial charge in [-0.25, -0.2) is 4.79 Å². The van der Waals surface area contributed by atoms with Crippen LogP contribution in [0.15, 0.2) is 48.5 Å². The standard InChI is InChI=1S/C24H28ClNO6/c1-3-31-23(28)14-21(26-22(27)15-30-16-24(29)32-4-2)12-17-8-10-18(11-9-17)19-6-5-7-20(25)13-19/h5-11,13,21H,3-4,12,14-16H2,1-2H3,(H,26,27)/t21-/m1/s1. The second-order valence-electron chi connectivity index (χ2n) is 6.98. The molecule has 1 atom stereocenters. The lowest BCUT2D eigenvalue weighted by Gasteiger charge is -2.18. The molecule has 172 valence electrons. The number of halogens is 1. The average molecular weight is 462 g/mol. The number of carbonyl (C=O) groups excluding carboxylic acids is 3. The maximum absolute atomic E-state index is 12.2. The molecule has 8 heteroatoms. The number of carbonyl (C=O) groups is 3. The van der Waals surface area contributed by atoms with Crippen LogP contribution in [0.25, 0.3) is 11.1 Å². The van der Waals surface area contributed by atoms with E-state index in [1.54, 1.807) is 13.8 Å². The molecule has 0 radical (unpaired) electrons. The highest BCUT2D eigenvalue weighted by atomic mass is 35.5. The normalized spacial score (nSPS) is 11.5. The van der Waals surface area contributed by atoms with Crippen LogP contribution < -0.4 is 5.32 Å². The van der Waals surface area contributed by atoms with Gasteiger partial charge in [0.25, 0.3) is 0 Å². The molecule has 7 nitrogen and oxygen atoms in total. The summed E-state index contributed by atoms with van der Waals surface area (Å²) in [6.45, 7) is 3.29. The summed E-state index contributed by atoms with van der Waals surface area (Å²) in [7, 11) is 0. The Bertz CT molecular complexity index is 900. The molecule has 0 aliphatic carbocycles. The summed E-state index contributed by atoms with van der Waals surface area (Å²) in [6.07, 6.45) is 0.450. The molecule has 2 aromatic rings. The smallest absolute Gasteiger partial charge is 0.332 e. The van der Waals surface area contributed by atoms with Gasteiger partial charge in [0.15, 0.2) is 0 Å². The van der Waals surface area contributed by atoms with Gasteiger partial charge in [-0.15, -0.1) is 0 Å². The number of ether oxygens (including phenoxy) is 3. The Kier molecular flexibility index (Phi) is 10.7. The van der Waals surface area contributed by atoms with Gasteiger partial charge in [-0.1, -0.05) is 48.0 Å². The predicted octanol–water partition coefficient (Wildman–Crippen LogP) is 3.57. The van der Waals surface area contributed by atoms with Crippen molar-refractivity contribution in [3.8, 4) is 11.1 Å². The molecule has 0 heterocycles. The molecule has 1 amide bonds. The summed E-state index contributed by atoms with van der Waals surface area (Å²) >= 11 is 6.07. The molecule has 2 rings (SSSR count). The van der Waals surface area contributed by atoms with E-state index in [-0.39, 0.29) is 32.8 Å². The van der Waals surface area contributed by atoms with Crippen LogP contribution in [-0.2, 0) is 35.0 Å². The monoisotopic (exact) mass is 461 g/mol. The van der Waals surface area contributed by atoms with Gasteiger partial charge in [0.05, 0.1) is 19.6 Å². The molecular weight excluding hydrogens is 434 g/mol. The summed E-state index contributed by atoms with van der Waals surface area (Å²) in [5.41, 5.74) is 2.95. The van der Waals surface area contributed by atoms with Crippen molar-refractivity contribution in [3.05, 3.63) is 59.1 Å². The van der Waals surface area contributed by atoms with Gasteiger partial charge in [-0.05, 0) is 49.1 Å². The second kappa shape index (κ2) is 13.5. The fourth-order valence-corrected chi connectivity index (χ4v) is 3.27. The molecular formula is C24H28ClNO6. The van der Waals surface area contributed by atoms with Crippen molar-refractivity contribution in [2.75, 3.05) is 26.4 Å². The first kappa shape index (κ1) is 25.4. The predicted molar refractivity (Wildman–Crippen MR) is 121 cm³/mol. The first-order valence-electron chi connectivity index (χ1n) is 10.4. The first-order chi connectivity index (χ1) is 15.4. The van der Waals surface area contributed by atoms with Crippen molar-refractivity contribution in [3.63, 3.8) is 0 Å². The SMILES string of the molecule is CCOC(=O)COCC(=O)N[C@@H](CC(=O)OCC)Cc1ccc(-c2cccc(Cl)c2)cc1. The number of hydrogen-bond acceptors (Lipinski definition) is 6. The minimum Gasteiger partial charge on any atom is -0.466 e. The van der Waals surface area contributed by atoms with Crippen LogP contribution in [0, 0.1) is 0 Å². The second-order valence-corrected chi connectivity index (χ2v) is 7.42. The number of nitrogens with one attached hydrogen (secondary N) is 1. The topological polar surface area (TPSA) is 90.9 Å². The highest BCUT2D eigenvalue weighted by Gasteiger charge is 2.18. The van der Waals surface area contributed by atoms with Gasteiger partial charge >= 0.3 is 11.9 Å². The van der Waals surface area contributed by atoms with Gasteiger partial charge in [0.1, 0.15) is 13.2 Å². The van der Waals surface area contributed by atoms with Crippen LogP contribution in [0.4, 0.5) is 0 Å². The average Bonchev–Trinajstić information content (AvgIpc) is 2.74. The molecule has 2 aromatic carbocycles. The third-order valence-electron chi connectivity index (χ3n) is 4.44. The van der Waals surface area contributed by atoms with Gasteiger partial charge < -0.3 is 19.5 Å². The Labute approximate surface area is 193 Å². The summed E-state index contributed by atoms with van der Waals surface area (Å²) in [4.78, 5) is 35.5. The van der Waals surface area contributed by atoms with E-state index in [0.29, 0.717) is 11.4 Å². The van der Waals surface area contributed by atoms with Crippen LogP contribution in [-0.4, -0.2) is 50.3 Å². The number of amides is 1. The number of rotatable bonds is 12. The lowest BCUT2D eigenvalue weighted by molar-refractivity contribution is -0.149. The molecule has 0 saturated carbocycles. The van der Waals surface area contributed by atoms with E-state index in [0.717, 1.165) is 16.7 Å². The molecule has 0 aromatic heterocycles. The fraction of sp³-hybridized carbons (Fsp3) is 0.375. The highest BCUT2D eigenvalue weighted by molar-refractivity contribution is 6.30. The van der Waals surface area contributed by atoms with Crippen molar-refractivity contribution < 1.29 is 28.6 Å². The van der Waals surface area contributed by atoms with E-state index >= 15 is 0 Å². The van der Waals surface area contributed by atoms with E-state index in [4.69, 9.17) is 25.8 Å². The molecule has 0 unspecified atom stereocenters. The van der Waals surface area contributed by atoms with Gasteiger partial charge in [-0.3, -0.25) is 9.59 Å². The van der Waals surface area contributed by atoms with E-state index < -0.39 is 23.9 Å². The Balaban J connectivity index is 1.99. The lowest BCUT2D eigenvalue weighted by Crippen LogP contribution is -2.40. The molecule has 0 fully saturated rings. The van der Waals surface area contributed by atoms with Crippen molar-refractivity contribution in [1.29, 1.82) is 0 Å². The third kappa shape index (κ3) is 9.08. The van der Waals surface area contributed by atoms with Crippen LogP contribution in [0.3, 0.4) is 0 Å². The van der Waals surface area contributed by atoms with E-state index in [1.165, 1.54) is 0 Å². The molecule has 0 bridgehead atoms. The van der Waals surface area contributed by atoms with Gasteiger partial charge in [0.2, 0.25) is 5.91 Å². The van der Waals surface area contributed by atoms with Crippen molar-refractivity contribution in [1.82, 2.24) is 5.32 Å². The summed E-state index contributed by atoms with van der Waals surface area (Å²) in [5, 5.41) is 3.44. The molecule has 0 aliphatic rings. The molecule has 0 aliphatic heterocycles. The van der Waals surface area contributed by atoms with Crippen LogP contribution in [0.1, 0.15) is 25.8 Å². The zero-order chi connectivity index (χ0) is 23.3. The Morgan fingerprint density at radius 2 is 1.59 bits per heavy atom. The quantitative estimate of drug-likeness (QED) is 0.486. The maximum Gasteiger partial charge on any atom is 0.332 e. The largest absolute Gasteiger partial charge is 0.466 e. The van der Waals surface area contributed by atoms with Crippen LogP contribution in [0.2, 0.25) is 5.02 Å². The van der Waals surface area contributed by atoms with E-state index in [9.17, 15) is 14.4 Å². The minimum absolute atomic E-state index is 0.0213. The first-order valence-corrected chi connectivity index (χ1v) is 10.8. The highest BCUT2D eigenvalue weighted by Crippen LogP contribution is 2.23. The van der Waals surface area contributed by atoms with Crippen LogP contribution >= 0.6 is 11.6 Å². The Morgan fingerprint density at radius 3 is 2.25 bits per heavy atom. The summed E-state index contributed by atoms with van der Waals surface area (Å²) in [6, 6.07) is 14.9. The third-order valence-corrected chi connectivity index (χ3v) is 4.67. The molecule has 0 spiro atoms. The number of esters is 2. The molecule has 0 saturated heterocycles. The maximum atomic E-state index is 12.2. The Morgan fingerprint density at radius 1 is 0.906 bits per heavy atom. The number of benzene rings is 2. The minimum atomic E-state index is -0.539. The fourth-order valence-electron chi connectivity index (χ4n) is 3.08.